The van der Waals surface area contributed by atoms with E-state index in [2.05, 4.69) is 230 Å². The average molecular weight is 895 g/mol. The zero-order chi connectivity index (χ0) is 46.5. The second-order valence-corrected chi connectivity index (χ2v) is 17.6. The van der Waals surface area contributed by atoms with Gasteiger partial charge in [0.05, 0.1) is 11.0 Å². The molecule has 13 rings (SSSR count). The molecule has 0 spiro atoms. The number of nitrogens with zero attached hydrogens (tertiary/aromatic N) is 4. The van der Waals surface area contributed by atoms with Crippen molar-refractivity contribution in [2.75, 3.05) is 0 Å². The lowest BCUT2D eigenvalue weighted by atomic mass is 9.97. The van der Waals surface area contributed by atoms with Gasteiger partial charge < -0.3 is 8.98 Å². The molecule has 0 amide bonds. The molecule has 0 aliphatic carbocycles. The molecule has 3 aromatic heterocycles. The van der Waals surface area contributed by atoms with Crippen molar-refractivity contribution in [2.24, 2.45) is 0 Å². The number of aromatic nitrogens is 4. The zero-order valence-electron chi connectivity index (χ0n) is 38.0. The first-order chi connectivity index (χ1) is 34.6. The number of furan rings is 1. The van der Waals surface area contributed by atoms with Crippen LogP contribution in [0.25, 0.3) is 128 Å². The molecule has 13 aromatic rings. The Morgan fingerprint density at radius 2 is 1.09 bits per heavy atom. The minimum absolute atomic E-state index is 0.528. The van der Waals surface area contributed by atoms with Crippen molar-refractivity contribution >= 4 is 76.9 Å². The van der Waals surface area contributed by atoms with Crippen molar-refractivity contribution in [1.29, 1.82) is 0 Å². The fourth-order valence-corrected chi connectivity index (χ4v) is 10.2. The van der Waals surface area contributed by atoms with Crippen LogP contribution in [-0.2, 0) is 0 Å². The van der Waals surface area contributed by atoms with E-state index in [9.17, 15) is 0 Å². The van der Waals surface area contributed by atoms with Gasteiger partial charge in [-0.3, -0.25) is 0 Å². The van der Waals surface area contributed by atoms with E-state index in [4.69, 9.17) is 19.4 Å². The summed E-state index contributed by atoms with van der Waals surface area (Å²) in [5, 5.41) is 9.04. The molecule has 0 radical (unpaired) electrons. The van der Waals surface area contributed by atoms with Gasteiger partial charge in [0.15, 0.2) is 17.5 Å². The number of benzene rings is 10. The molecule has 5 heteroatoms. The zero-order valence-corrected chi connectivity index (χ0v) is 38.0. The van der Waals surface area contributed by atoms with Gasteiger partial charge in [-0.15, -0.1) is 0 Å². The predicted octanol–water partition coefficient (Wildman–Crippen LogP) is 17.1. The molecule has 0 atom stereocenters. The SMILES string of the molecule is C=C/C=C(\C=C/c1cccc2ccccc12)c1nc(-c2cccc(-c3cccc4ccccc34)c2)nc(-c2cccc3oc4ccc(-c5ccc6c(c5)c5ccccc5n6-c5ccccc5)cc4c23)n1. The summed E-state index contributed by atoms with van der Waals surface area (Å²) in [6.45, 7) is 4.12. The molecule has 0 saturated heterocycles. The van der Waals surface area contributed by atoms with E-state index in [0.717, 1.165) is 77.7 Å². The quantitative estimate of drug-likeness (QED) is 0.135. The number of fused-ring (bicyclic) bond motifs is 8. The third-order valence-electron chi connectivity index (χ3n) is 13.4. The van der Waals surface area contributed by atoms with Crippen molar-refractivity contribution in [3.8, 4) is 50.7 Å². The van der Waals surface area contributed by atoms with Gasteiger partial charge in [0.2, 0.25) is 0 Å². The molecule has 0 bridgehead atoms. The Hall–Kier alpha value is -9.45. The lowest BCUT2D eigenvalue weighted by molar-refractivity contribution is 0.669. The van der Waals surface area contributed by atoms with Crippen molar-refractivity contribution in [1.82, 2.24) is 19.5 Å². The summed E-state index contributed by atoms with van der Waals surface area (Å²) in [5.74, 6) is 1.63. The van der Waals surface area contributed by atoms with Gasteiger partial charge in [0, 0.05) is 43.9 Å². The first-order valence-electron chi connectivity index (χ1n) is 23.5. The monoisotopic (exact) mass is 894 g/mol. The Morgan fingerprint density at radius 3 is 1.94 bits per heavy atom. The molecule has 0 fully saturated rings. The molecular formula is C65H42N4O. The Balaban J connectivity index is 0.982. The van der Waals surface area contributed by atoms with Gasteiger partial charge in [-0.05, 0) is 104 Å². The Labute approximate surface area is 404 Å². The van der Waals surface area contributed by atoms with Crippen LogP contribution in [0.3, 0.4) is 0 Å². The third kappa shape index (κ3) is 7.08. The smallest absolute Gasteiger partial charge is 0.164 e. The van der Waals surface area contributed by atoms with Gasteiger partial charge in [-0.1, -0.05) is 195 Å². The molecule has 328 valence electrons. The fourth-order valence-electron chi connectivity index (χ4n) is 10.2. The van der Waals surface area contributed by atoms with E-state index in [1.165, 1.54) is 37.8 Å². The van der Waals surface area contributed by atoms with Crippen molar-refractivity contribution in [2.45, 2.75) is 0 Å². The first-order valence-corrected chi connectivity index (χ1v) is 23.5. The molecule has 0 aliphatic heterocycles. The molecule has 0 N–H and O–H groups in total. The number of para-hydroxylation sites is 2. The van der Waals surface area contributed by atoms with Crippen LogP contribution >= 0.6 is 0 Å². The fraction of sp³-hybridized carbons (Fsp3) is 0. The third-order valence-corrected chi connectivity index (χ3v) is 13.4. The number of rotatable bonds is 9. The Bertz CT molecular complexity index is 4260. The minimum atomic E-state index is 0.528. The Kier molecular flexibility index (Phi) is 9.91. The Morgan fingerprint density at radius 1 is 0.443 bits per heavy atom. The molecule has 0 saturated carbocycles. The normalized spacial score (nSPS) is 12.1. The van der Waals surface area contributed by atoms with Crippen molar-refractivity contribution in [3.05, 3.63) is 255 Å². The van der Waals surface area contributed by atoms with Crippen molar-refractivity contribution in [3.63, 3.8) is 0 Å². The molecule has 0 unspecified atom stereocenters. The summed E-state index contributed by atoms with van der Waals surface area (Å²) in [6.07, 6.45) is 7.96. The largest absolute Gasteiger partial charge is 0.456 e. The average Bonchev–Trinajstić information content (AvgIpc) is 3.97. The van der Waals surface area contributed by atoms with E-state index in [1.807, 2.05) is 18.2 Å². The van der Waals surface area contributed by atoms with Crippen LogP contribution in [0.1, 0.15) is 11.4 Å². The summed E-state index contributed by atoms with van der Waals surface area (Å²) in [5.41, 5.74) is 13.1. The topological polar surface area (TPSA) is 56.7 Å². The highest BCUT2D eigenvalue weighted by atomic mass is 16.3. The van der Waals surface area contributed by atoms with Crippen LogP contribution in [0.4, 0.5) is 0 Å². The van der Waals surface area contributed by atoms with Gasteiger partial charge in [0.1, 0.15) is 11.2 Å². The van der Waals surface area contributed by atoms with Gasteiger partial charge >= 0.3 is 0 Å². The van der Waals surface area contributed by atoms with E-state index >= 15 is 0 Å². The van der Waals surface area contributed by atoms with Crippen LogP contribution in [0.15, 0.2) is 248 Å². The highest BCUT2D eigenvalue weighted by molar-refractivity contribution is 6.14. The van der Waals surface area contributed by atoms with E-state index in [1.54, 1.807) is 6.08 Å². The molecule has 3 heterocycles. The van der Waals surface area contributed by atoms with Crippen LogP contribution < -0.4 is 0 Å². The summed E-state index contributed by atoms with van der Waals surface area (Å²) >= 11 is 0. The molecule has 70 heavy (non-hydrogen) atoms. The van der Waals surface area contributed by atoms with Crippen LogP contribution in [-0.4, -0.2) is 19.5 Å². The maximum absolute atomic E-state index is 6.63. The molecule has 0 aliphatic rings. The van der Waals surface area contributed by atoms with Crippen molar-refractivity contribution < 1.29 is 4.42 Å². The first kappa shape index (κ1) is 40.8. The molecular weight excluding hydrogens is 853 g/mol. The van der Waals surface area contributed by atoms with E-state index in [-0.39, 0.29) is 0 Å². The van der Waals surface area contributed by atoms with Crippen LogP contribution in [0.2, 0.25) is 0 Å². The number of allylic oxidation sites excluding steroid dienone is 4. The lowest BCUT2D eigenvalue weighted by Crippen LogP contribution is -2.02. The maximum atomic E-state index is 6.63. The molecule has 10 aromatic carbocycles. The highest BCUT2D eigenvalue weighted by Crippen LogP contribution is 2.41. The second-order valence-electron chi connectivity index (χ2n) is 17.6. The summed E-state index contributed by atoms with van der Waals surface area (Å²) in [6, 6.07) is 76.8. The second kappa shape index (κ2) is 17.0. The minimum Gasteiger partial charge on any atom is -0.456 e. The van der Waals surface area contributed by atoms with E-state index in [0.29, 0.717) is 17.5 Å². The van der Waals surface area contributed by atoms with Gasteiger partial charge in [-0.25, -0.2) is 15.0 Å². The number of hydrogen-bond acceptors (Lipinski definition) is 4. The number of hydrogen-bond donors (Lipinski definition) is 0. The van der Waals surface area contributed by atoms with Crippen LogP contribution in [0, 0.1) is 0 Å². The molecule has 5 nitrogen and oxygen atoms in total. The predicted molar refractivity (Wildman–Crippen MR) is 292 cm³/mol. The summed E-state index contributed by atoms with van der Waals surface area (Å²) in [7, 11) is 0. The van der Waals surface area contributed by atoms with E-state index < -0.39 is 0 Å². The van der Waals surface area contributed by atoms with Gasteiger partial charge in [-0.2, -0.15) is 0 Å². The summed E-state index contributed by atoms with van der Waals surface area (Å²) < 4.78 is 8.98. The van der Waals surface area contributed by atoms with Crippen LogP contribution in [0.5, 0.6) is 0 Å². The summed E-state index contributed by atoms with van der Waals surface area (Å²) in [4.78, 5) is 15.9. The maximum Gasteiger partial charge on any atom is 0.164 e. The highest BCUT2D eigenvalue weighted by Gasteiger charge is 2.20. The standard InChI is InChI=1S/C65H42N4O/c1-2-16-45(34-33-44-20-12-19-42-17-6-8-26-51(42)44)63-66-64(49-23-13-22-48(39-49)53-29-14-21-43-18-7-9-27-52(43)53)68-65(67-63)55-30-15-32-61-62(55)57-41-47(36-38-60(57)70-61)46-35-37-59-56(40-46)54-28-10-11-31-58(54)69(59)50-24-4-3-5-25-50/h2-41H,1H2/b34-33-,45-16+. The van der Waals surface area contributed by atoms with Gasteiger partial charge in [0.25, 0.3) is 0 Å². The lowest BCUT2D eigenvalue weighted by Gasteiger charge is -2.12.